The van der Waals surface area contributed by atoms with Gasteiger partial charge in [-0.1, -0.05) is 6.58 Å². The van der Waals surface area contributed by atoms with E-state index in [2.05, 4.69) is 6.58 Å². The van der Waals surface area contributed by atoms with Gasteiger partial charge >= 0.3 is 18.1 Å². The molecular formula is C21H27F3O6. The Labute approximate surface area is 173 Å². The van der Waals surface area contributed by atoms with E-state index in [-0.39, 0.29) is 11.5 Å². The molecule has 9 heteroatoms. The van der Waals surface area contributed by atoms with Crippen molar-refractivity contribution in [3.63, 3.8) is 0 Å². The van der Waals surface area contributed by atoms with Crippen molar-refractivity contribution in [1.82, 2.24) is 0 Å². The van der Waals surface area contributed by atoms with E-state index in [1.807, 2.05) is 0 Å². The van der Waals surface area contributed by atoms with E-state index in [1.54, 1.807) is 0 Å². The van der Waals surface area contributed by atoms with Crippen molar-refractivity contribution in [3.8, 4) is 0 Å². The Bertz CT molecular complexity index is 719. The highest BCUT2D eigenvalue weighted by Gasteiger charge is 2.61. The Balaban J connectivity index is 1.40. The molecule has 0 aromatic heterocycles. The van der Waals surface area contributed by atoms with Gasteiger partial charge in [0.2, 0.25) is 0 Å². The predicted molar refractivity (Wildman–Crippen MR) is 97.3 cm³/mol. The molecular weight excluding hydrogens is 405 g/mol. The summed E-state index contributed by atoms with van der Waals surface area (Å²) in [6, 6.07) is 0. The van der Waals surface area contributed by atoms with Gasteiger partial charge in [0.25, 0.3) is 0 Å². The number of carbonyl (C=O) groups is 2. The molecule has 1 heterocycles. The van der Waals surface area contributed by atoms with Crippen molar-refractivity contribution in [1.29, 1.82) is 0 Å². The van der Waals surface area contributed by atoms with E-state index in [4.69, 9.17) is 18.9 Å². The van der Waals surface area contributed by atoms with Crippen LogP contribution in [0.1, 0.15) is 51.9 Å². The van der Waals surface area contributed by atoms with Gasteiger partial charge < -0.3 is 18.9 Å². The molecule has 1 aliphatic heterocycles. The summed E-state index contributed by atoms with van der Waals surface area (Å²) in [4.78, 5) is 24.5. The molecule has 0 N–H and O–H groups in total. The zero-order valence-corrected chi connectivity index (χ0v) is 17.0. The van der Waals surface area contributed by atoms with Crippen LogP contribution < -0.4 is 0 Å². The lowest BCUT2D eigenvalue weighted by Crippen LogP contribution is -2.62. The number of hydrogen-bond acceptors (Lipinski definition) is 6. The normalized spacial score (nSPS) is 38.4. The number of hydrogen-bond donors (Lipinski definition) is 0. The quantitative estimate of drug-likeness (QED) is 0.453. The number of carbonyl (C=O) groups excluding carboxylic acids is 2. The molecule has 4 unspecified atom stereocenters. The Morgan fingerprint density at radius 3 is 2.43 bits per heavy atom. The van der Waals surface area contributed by atoms with Crippen LogP contribution in [0, 0.1) is 11.8 Å². The Hall–Kier alpha value is -1.61. The molecule has 4 aliphatic carbocycles. The molecule has 168 valence electrons. The van der Waals surface area contributed by atoms with E-state index in [9.17, 15) is 22.8 Å². The molecule has 0 radical (unpaired) electrons. The van der Waals surface area contributed by atoms with Gasteiger partial charge in [-0.3, -0.25) is 0 Å². The number of esters is 2. The average molecular weight is 432 g/mol. The smallest absolute Gasteiger partial charge is 0.414 e. The Morgan fingerprint density at radius 1 is 1.23 bits per heavy atom. The summed E-state index contributed by atoms with van der Waals surface area (Å²) in [5.74, 6) is -0.430. The molecule has 0 aromatic rings. The average Bonchev–Trinajstić information content (AvgIpc) is 3.00. The van der Waals surface area contributed by atoms with Gasteiger partial charge in [-0.25, -0.2) is 9.59 Å². The van der Waals surface area contributed by atoms with Gasteiger partial charge in [-0.05, 0) is 50.9 Å². The first-order valence-corrected chi connectivity index (χ1v) is 10.4. The molecule has 1 saturated heterocycles. The van der Waals surface area contributed by atoms with Crippen molar-refractivity contribution in [2.24, 2.45) is 11.8 Å². The van der Waals surface area contributed by atoms with Gasteiger partial charge in [0, 0.05) is 12.8 Å². The Morgan fingerprint density at radius 2 is 1.87 bits per heavy atom. The minimum Gasteiger partial charge on any atom is -0.464 e. The Kier molecular flexibility index (Phi) is 5.41. The third-order valence-electron chi connectivity index (χ3n) is 6.80. The van der Waals surface area contributed by atoms with Crippen molar-refractivity contribution in [2.45, 2.75) is 81.5 Å². The molecule has 5 rings (SSSR count). The molecule has 0 aromatic carbocycles. The number of alkyl halides is 3. The first-order chi connectivity index (χ1) is 14.0. The van der Waals surface area contributed by atoms with Crippen LogP contribution >= 0.6 is 0 Å². The van der Waals surface area contributed by atoms with Gasteiger partial charge in [-0.15, -0.1) is 0 Å². The van der Waals surface area contributed by atoms with Gasteiger partial charge in [0.15, 0.2) is 12.2 Å². The summed E-state index contributed by atoms with van der Waals surface area (Å²) in [7, 11) is 0. The molecule has 5 fully saturated rings. The second-order valence-corrected chi connectivity index (χ2v) is 9.38. The van der Waals surface area contributed by atoms with Gasteiger partial charge in [0.05, 0.1) is 24.4 Å². The highest BCUT2D eigenvalue weighted by Crippen LogP contribution is 2.60. The number of rotatable bonds is 7. The molecule has 4 saturated carbocycles. The zero-order valence-electron chi connectivity index (χ0n) is 17.0. The summed E-state index contributed by atoms with van der Waals surface area (Å²) in [6.45, 7) is 4.25. The highest BCUT2D eigenvalue weighted by atomic mass is 19.4. The van der Waals surface area contributed by atoms with Crippen LogP contribution in [0.4, 0.5) is 13.2 Å². The summed E-state index contributed by atoms with van der Waals surface area (Å²) in [5, 5.41) is 0. The topological polar surface area (TPSA) is 71.1 Å². The standard InChI is InChI=1S/C21H27F3O6/c1-12(10-28-13(2)21(22,23)24)17(25)30-20-8-14-5-15(9-20)7-19(6-14,11-20)29-16-3-4-27-18(16)26/h13-16H,1,3-11H2,2H3. The fraction of sp³-hybridized carbons (Fsp3) is 0.810. The van der Waals surface area contributed by atoms with E-state index < -0.39 is 42.2 Å². The zero-order chi connectivity index (χ0) is 21.7. The molecule has 4 bridgehead atoms. The van der Waals surface area contributed by atoms with Crippen LogP contribution in [0.5, 0.6) is 0 Å². The lowest BCUT2D eigenvalue weighted by atomic mass is 9.52. The number of halogens is 3. The molecule has 0 spiro atoms. The maximum atomic E-state index is 12.6. The maximum Gasteiger partial charge on any atom is 0.414 e. The van der Waals surface area contributed by atoms with Crippen LogP contribution in [0.25, 0.3) is 0 Å². The second kappa shape index (κ2) is 7.51. The molecule has 0 amide bonds. The first kappa shape index (κ1) is 21.6. The molecule has 4 atom stereocenters. The monoisotopic (exact) mass is 432 g/mol. The van der Waals surface area contributed by atoms with E-state index in [0.717, 1.165) is 26.2 Å². The molecule has 30 heavy (non-hydrogen) atoms. The fourth-order valence-corrected chi connectivity index (χ4v) is 5.89. The summed E-state index contributed by atoms with van der Waals surface area (Å²) in [6.07, 6.45) is -2.01. The van der Waals surface area contributed by atoms with Crippen molar-refractivity contribution < 1.29 is 41.7 Å². The van der Waals surface area contributed by atoms with Crippen LogP contribution in [0.3, 0.4) is 0 Å². The largest absolute Gasteiger partial charge is 0.464 e. The number of cyclic esters (lactones) is 1. The third-order valence-corrected chi connectivity index (χ3v) is 6.80. The molecule has 5 aliphatic rings. The van der Waals surface area contributed by atoms with E-state index in [0.29, 0.717) is 44.1 Å². The second-order valence-electron chi connectivity index (χ2n) is 9.38. The van der Waals surface area contributed by atoms with Crippen LogP contribution in [-0.2, 0) is 28.5 Å². The van der Waals surface area contributed by atoms with Gasteiger partial charge in [-0.2, -0.15) is 13.2 Å². The fourth-order valence-electron chi connectivity index (χ4n) is 5.89. The van der Waals surface area contributed by atoms with E-state index in [1.165, 1.54) is 0 Å². The first-order valence-electron chi connectivity index (χ1n) is 10.4. The lowest BCUT2D eigenvalue weighted by molar-refractivity contribution is -0.243. The summed E-state index contributed by atoms with van der Waals surface area (Å²) >= 11 is 0. The number of ether oxygens (including phenoxy) is 4. The van der Waals surface area contributed by atoms with Crippen LogP contribution in [0.15, 0.2) is 12.2 Å². The lowest BCUT2D eigenvalue weighted by Gasteiger charge is -2.61. The minimum absolute atomic E-state index is 0.142. The molecule has 6 nitrogen and oxygen atoms in total. The summed E-state index contributed by atoms with van der Waals surface area (Å²) in [5.41, 5.74) is -1.40. The summed E-state index contributed by atoms with van der Waals surface area (Å²) < 4.78 is 59.7. The van der Waals surface area contributed by atoms with Gasteiger partial charge in [0.1, 0.15) is 5.60 Å². The van der Waals surface area contributed by atoms with E-state index >= 15 is 0 Å². The van der Waals surface area contributed by atoms with Crippen LogP contribution in [0.2, 0.25) is 0 Å². The van der Waals surface area contributed by atoms with Crippen molar-refractivity contribution >= 4 is 11.9 Å². The van der Waals surface area contributed by atoms with Crippen molar-refractivity contribution in [3.05, 3.63) is 12.2 Å². The minimum atomic E-state index is -4.50. The third kappa shape index (κ3) is 4.23. The predicted octanol–water partition coefficient (Wildman–Crippen LogP) is 3.48. The maximum absolute atomic E-state index is 12.6. The van der Waals surface area contributed by atoms with Crippen LogP contribution in [-0.4, -0.2) is 54.7 Å². The van der Waals surface area contributed by atoms with Crippen molar-refractivity contribution in [2.75, 3.05) is 13.2 Å². The highest BCUT2D eigenvalue weighted by molar-refractivity contribution is 5.88. The SMILES string of the molecule is C=C(COC(C)C(F)(F)F)C(=O)OC12CC3CC(C1)CC(OC1CCOC1=O)(C3)C2.